The Morgan fingerprint density at radius 3 is 2.36 bits per heavy atom. The quantitative estimate of drug-likeness (QED) is 0.615. The highest BCUT2D eigenvalue weighted by atomic mass is 15.2. The van der Waals surface area contributed by atoms with Gasteiger partial charge in [0.2, 0.25) is 0 Å². The first-order valence-corrected chi connectivity index (χ1v) is 9.02. The number of hydrogen-bond donors (Lipinski definition) is 0. The van der Waals surface area contributed by atoms with Crippen molar-refractivity contribution >= 4 is 23.2 Å². The molecule has 25 heavy (non-hydrogen) atoms. The van der Waals surface area contributed by atoms with E-state index in [2.05, 4.69) is 69.6 Å². The first kappa shape index (κ1) is 17.5. The summed E-state index contributed by atoms with van der Waals surface area (Å²) in [7, 11) is 0. The number of aryl methyl sites for hydroxylation is 1. The number of aliphatic imine (C=N–C) groups is 1. The molecule has 2 aromatic rings. The van der Waals surface area contributed by atoms with E-state index in [0.29, 0.717) is 6.04 Å². The van der Waals surface area contributed by atoms with E-state index in [1.807, 2.05) is 36.5 Å². The van der Waals surface area contributed by atoms with Crippen LogP contribution in [-0.4, -0.2) is 17.8 Å². The van der Waals surface area contributed by atoms with Crippen molar-refractivity contribution in [3.05, 3.63) is 65.2 Å². The van der Waals surface area contributed by atoms with E-state index in [1.165, 1.54) is 28.0 Å². The number of nitrogens with zero attached hydrogens (tertiary/aromatic N) is 2. The van der Waals surface area contributed by atoms with Crippen LogP contribution in [0.25, 0.3) is 5.57 Å². The predicted molar refractivity (Wildman–Crippen MR) is 110 cm³/mol. The van der Waals surface area contributed by atoms with Gasteiger partial charge in [-0.15, -0.1) is 0 Å². The topological polar surface area (TPSA) is 15.6 Å². The van der Waals surface area contributed by atoms with Crippen LogP contribution in [0.1, 0.15) is 51.3 Å². The highest BCUT2D eigenvalue weighted by Crippen LogP contribution is 2.41. The van der Waals surface area contributed by atoms with Gasteiger partial charge in [-0.05, 0) is 82.5 Å². The van der Waals surface area contributed by atoms with Gasteiger partial charge in [0.1, 0.15) is 0 Å². The number of hydrogen-bond acceptors (Lipinski definition) is 2. The highest BCUT2D eigenvalue weighted by Gasteiger charge is 2.33. The standard InChI is InChI=1S/C23H28N2/c1-16(2)25-22-12-17(3)19(15-24-20-10-8-7-9-11-20)13-21(22)18(4)14-23(25,5)6/h7-16H,1-6H3. The SMILES string of the molecule is CC1=CC(C)(C)N(C(C)C)c2cc(C)c(C=Nc3ccccc3)cc21. The second-order valence-electron chi connectivity index (χ2n) is 7.76. The van der Waals surface area contributed by atoms with E-state index >= 15 is 0 Å². The first-order chi connectivity index (χ1) is 11.8. The fourth-order valence-electron chi connectivity index (χ4n) is 3.95. The normalized spacial score (nSPS) is 16.3. The average molecular weight is 332 g/mol. The number of allylic oxidation sites excluding steroid dienone is 1. The summed E-state index contributed by atoms with van der Waals surface area (Å²) in [5.74, 6) is 0. The van der Waals surface area contributed by atoms with Crippen molar-refractivity contribution < 1.29 is 0 Å². The molecule has 3 rings (SSSR count). The van der Waals surface area contributed by atoms with Crippen molar-refractivity contribution in [2.75, 3.05) is 4.90 Å². The number of rotatable bonds is 3. The summed E-state index contributed by atoms with van der Waals surface area (Å²) in [5.41, 5.74) is 7.43. The third kappa shape index (κ3) is 3.39. The van der Waals surface area contributed by atoms with E-state index in [0.717, 1.165) is 5.69 Å². The summed E-state index contributed by atoms with van der Waals surface area (Å²) in [6.45, 7) is 13.5. The van der Waals surface area contributed by atoms with Crippen molar-refractivity contribution in [1.29, 1.82) is 0 Å². The molecule has 0 radical (unpaired) electrons. The summed E-state index contributed by atoms with van der Waals surface area (Å²) in [6.07, 6.45) is 4.36. The van der Waals surface area contributed by atoms with E-state index in [-0.39, 0.29) is 5.54 Å². The van der Waals surface area contributed by atoms with Crippen LogP contribution in [0.4, 0.5) is 11.4 Å². The molecule has 0 spiro atoms. The van der Waals surface area contributed by atoms with Gasteiger partial charge in [0.15, 0.2) is 0 Å². The van der Waals surface area contributed by atoms with Crippen LogP contribution < -0.4 is 4.90 Å². The lowest BCUT2D eigenvalue weighted by Gasteiger charge is -2.46. The van der Waals surface area contributed by atoms with Crippen molar-refractivity contribution in [2.45, 2.75) is 53.1 Å². The van der Waals surface area contributed by atoms with Gasteiger partial charge in [-0.25, -0.2) is 0 Å². The summed E-state index contributed by atoms with van der Waals surface area (Å²) in [6, 6.07) is 15.1. The van der Waals surface area contributed by atoms with Crippen LogP contribution in [0, 0.1) is 6.92 Å². The molecule has 0 atom stereocenters. The fraction of sp³-hybridized carbons (Fsp3) is 0.348. The molecule has 2 aromatic carbocycles. The summed E-state index contributed by atoms with van der Waals surface area (Å²) in [4.78, 5) is 7.15. The van der Waals surface area contributed by atoms with E-state index in [9.17, 15) is 0 Å². The van der Waals surface area contributed by atoms with E-state index < -0.39 is 0 Å². The van der Waals surface area contributed by atoms with Gasteiger partial charge in [0.05, 0.1) is 11.2 Å². The summed E-state index contributed by atoms with van der Waals surface area (Å²) in [5, 5.41) is 0. The van der Waals surface area contributed by atoms with Gasteiger partial charge < -0.3 is 4.90 Å². The lowest BCUT2D eigenvalue weighted by Crippen LogP contribution is -2.49. The molecule has 0 unspecified atom stereocenters. The lowest BCUT2D eigenvalue weighted by molar-refractivity contribution is 0.507. The van der Waals surface area contributed by atoms with Gasteiger partial charge in [-0.3, -0.25) is 4.99 Å². The van der Waals surface area contributed by atoms with Gasteiger partial charge in [0, 0.05) is 23.5 Å². The molecule has 0 saturated carbocycles. The minimum atomic E-state index is 0.0251. The average Bonchev–Trinajstić information content (AvgIpc) is 2.53. The third-order valence-corrected chi connectivity index (χ3v) is 4.88. The molecule has 1 heterocycles. The maximum absolute atomic E-state index is 4.64. The van der Waals surface area contributed by atoms with Gasteiger partial charge in [0.25, 0.3) is 0 Å². The smallest absolute Gasteiger partial charge is 0.0629 e. The second kappa shape index (κ2) is 6.51. The Morgan fingerprint density at radius 2 is 1.72 bits per heavy atom. The molecule has 0 N–H and O–H groups in total. The first-order valence-electron chi connectivity index (χ1n) is 9.02. The Hall–Kier alpha value is -2.35. The number of anilines is 1. The largest absolute Gasteiger partial charge is 0.360 e. The van der Waals surface area contributed by atoms with Crippen LogP contribution >= 0.6 is 0 Å². The zero-order chi connectivity index (χ0) is 18.2. The molecule has 0 aromatic heterocycles. The fourth-order valence-corrected chi connectivity index (χ4v) is 3.95. The minimum Gasteiger partial charge on any atom is -0.360 e. The maximum Gasteiger partial charge on any atom is 0.0629 e. The van der Waals surface area contributed by atoms with E-state index in [1.54, 1.807) is 0 Å². The Kier molecular flexibility index (Phi) is 4.55. The van der Waals surface area contributed by atoms with Crippen molar-refractivity contribution in [3.8, 4) is 0 Å². The zero-order valence-electron chi connectivity index (χ0n) is 16.2. The van der Waals surface area contributed by atoms with Crippen molar-refractivity contribution in [2.24, 2.45) is 4.99 Å². The third-order valence-electron chi connectivity index (χ3n) is 4.88. The second-order valence-corrected chi connectivity index (χ2v) is 7.76. The molecule has 0 fully saturated rings. The monoisotopic (exact) mass is 332 g/mol. The van der Waals surface area contributed by atoms with Gasteiger partial charge in [-0.2, -0.15) is 0 Å². The molecule has 0 saturated heterocycles. The summed E-state index contributed by atoms with van der Waals surface area (Å²) >= 11 is 0. The molecule has 2 nitrogen and oxygen atoms in total. The maximum atomic E-state index is 4.64. The Labute approximate surface area is 151 Å². The molecule has 0 aliphatic carbocycles. The summed E-state index contributed by atoms with van der Waals surface area (Å²) < 4.78 is 0. The molecule has 130 valence electrons. The number of para-hydroxylation sites is 1. The van der Waals surface area contributed by atoms with Gasteiger partial charge >= 0.3 is 0 Å². The minimum absolute atomic E-state index is 0.0251. The van der Waals surface area contributed by atoms with Crippen molar-refractivity contribution in [3.63, 3.8) is 0 Å². The van der Waals surface area contributed by atoms with Crippen molar-refractivity contribution in [1.82, 2.24) is 0 Å². The van der Waals surface area contributed by atoms with E-state index in [4.69, 9.17) is 0 Å². The number of benzene rings is 2. The molecule has 1 aliphatic rings. The Morgan fingerprint density at radius 1 is 1.04 bits per heavy atom. The molecule has 0 amide bonds. The molecule has 2 heteroatoms. The van der Waals surface area contributed by atoms with Crippen LogP contribution in [-0.2, 0) is 0 Å². The zero-order valence-corrected chi connectivity index (χ0v) is 16.2. The lowest BCUT2D eigenvalue weighted by atomic mass is 9.86. The molecule has 1 aliphatic heterocycles. The molecular formula is C23H28N2. The van der Waals surface area contributed by atoms with Crippen LogP contribution in [0.3, 0.4) is 0 Å². The number of fused-ring (bicyclic) bond motifs is 1. The van der Waals surface area contributed by atoms with Gasteiger partial charge in [-0.1, -0.05) is 24.3 Å². The van der Waals surface area contributed by atoms with Crippen LogP contribution in [0.2, 0.25) is 0 Å². The highest BCUT2D eigenvalue weighted by molar-refractivity contribution is 5.90. The Balaban J connectivity index is 2.07. The predicted octanol–water partition coefficient (Wildman–Crippen LogP) is 6.16. The molecule has 0 bridgehead atoms. The van der Waals surface area contributed by atoms with Crippen LogP contribution in [0.5, 0.6) is 0 Å². The van der Waals surface area contributed by atoms with Crippen LogP contribution in [0.15, 0.2) is 53.5 Å². The Bertz CT molecular complexity index is 827. The molecular weight excluding hydrogens is 304 g/mol.